The third-order valence-corrected chi connectivity index (χ3v) is 4.72. The second-order valence-corrected chi connectivity index (χ2v) is 5.87. The molecule has 0 aromatic carbocycles. The lowest BCUT2D eigenvalue weighted by Gasteiger charge is -2.35. The Bertz CT molecular complexity index is 381. The third-order valence-electron chi connectivity index (χ3n) is 4.72. The number of hydroxylamine groups is 2. The SMILES string of the molecule is CC[N+](CC)(CC)CCCCCC(=O)ON1C(=O)CCC1=O. The van der Waals surface area contributed by atoms with E-state index in [9.17, 15) is 14.4 Å². The van der Waals surface area contributed by atoms with E-state index in [2.05, 4.69) is 20.8 Å². The summed E-state index contributed by atoms with van der Waals surface area (Å²) in [6, 6.07) is 0. The third kappa shape index (κ3) is 5.09. The molecule has 1 fully saturated rings. The number of quaternary nitrogens is 1. The standard InChI is InChI=1S/C16H29N2O4/c1-4-18(5-2,6-3)13-9-7-8-10-16(21)22-17-14(19)11-12-15(17)20/h4-13H2,1-3H3/q+1. The number of unbranched alkanes of at least 4 members (excludes halogenated alkanes) is 2. The van der Waals surface area contributed by atoms with Crippen LogP contribution in [0.15, 0.2) is 0 Å². The molecule has 6 nitrogen and oxygen atoms in total. The van der Waals surface area contributed by atoms with Gasteiger partial charge in [-0.05, 0) is 40.0 Å². The first-order valence-corrected chi connectivity index (χ1v) is 8.39. The molecular weight excluding hydrogens is 284 g/mol. The van der Waals surface area contributed by atoms with Gasteiger partial charge in [0.1, 0.15) is 0 Å². The zero-order valence-corrected chi connectivity index (χ0v) is 14.1. The first-order chi connectivity index (χ1) is 10.5. The molecule has 0 atom stereocenters. The highest BCUT2D eigenvalue weighted by Gasteiger charge is 2.32. The molecule has 0 saturated carbocycles. The molecule has 0 spiro atoms. The van der Waals surface area contributed by atoms with E-state index in [4.69, 9.17) is 4.84 Å². The zero-order valence-electron chi connectivity index (χ0n) is 14.1. The maximum absolute atomic E-state index is 11.6. The van der Waals surface area contributed by atoms with Crippen molar-refractivity contribution in [3.05, 3.63) is 0 Å². The van der Waals surface area contributed by atoms with Gasteiger partial charge in [-0.25, -0.2) is 4.79 Å². The lowest BCUT2D eigenvalue weighted by molar-refractivity contribution is -0.923. The average Bonchev–Trinajstić information content (AvgIpc) is 2.83. The van der Waals surface area contributed by atoms with Gasteiger partial charge >= 0.3 is 5.97 Å². The molecular formula is C16H29N2O4+. The van der Waals surface area contributed by atoms with Crippen LogP contribution in [-0.4, -0.2) is 53.5 Å². The molecule has 1 saturated heterocycles. The Kier molecular flexibility index (Phi) is 7.51. The fourth-order valence-corrected chi connectivity index (χ4v) is 2.84. The van der Waals surface area contributed by atoms with Gasteiger partial charge in [0.2, 0.25) is 0 Å². The first-order valence-electron chi connectivity index (χ1n) is 8.39. The van der Waals surface area contributed by atoms with Gasteiger partial charge in [0.05, 0.1) is 26.2 Å². The number of hydrogen-bond acceptors (Lipinski definition) is 4. The summed E-state index contributed by atoms with van der Waals surface area (Å²) in [5.41, 5.74) is 0. The van der Waals surface area contributed by atoms with E-state index in [-0.39, 0.29) is 19.3 Å². The molecule has 0 N–H and O–H groups in total. The highest BCUT2D eigenvalue weighted by atomic mass is 16.7. The van der Waals surface area contributed by atoms with Crippen LogP contribution in [0.4, 0.5) is 0 Å². The summed E-state index contributed by atoms with van der Waals surface area (Å²) in [6.07, 6.45) is 3.28. The molecule has 1 aliphatic rings. The number of hydrogen-bond donors (Lipinski definition) is 0. The maximum Gasteiger partial charge on any atom is 0.333 e. The molecule has 0 unspecified atom stereocenters. The smallest absolute Gasteiger partial charge is 0.330 e. The topological polar surface area (TPSA) is 63.7 Å². The van der Waals surface area contributed by atoms with Crippen LogP contribution in [0.5, 0.6) is 0 Å². The molecule has 0 radical (unpaired) electrons. The number of carbonyl (C=O) groups excluding carboxylic acids is 3. The molecule has 126 valence electrons. The van der Waals surface area contributed by atoms with Crippen LogP contribution >= 0.6 is 0 Å². The lowest BCUT2D eigenvalue weighted by atomic mass is 10.1. The van der Waals surface area contributed by atoms with Crippen molar-refractivity contribution in [1.29, 1.82) is 0 Å². The second kappa shape index (κ2) is 8.88. The van der Waals surface area contributed by atoms with E-state index >= 15 is 0 Å². The van der Waals surface area contributed by atoms with Crippen molar-refractivity contribution < 1.29 is 23.7 Å². The van der Waals surface area contributed by atoms with Crippen LogP contribution in [-0.2, 0) is 19.2 Å². The van der Waals surface area contributed by atoms with Crippen molar-refractivity contribution in [2.75, 3.05) is 26.2 Å². The van der Waals surface area contributed by atoms with E-state index in [1.54, 1.807) is 0 Å². The molecule has 1 heterocycles. The molecule has 2 amide bonds. The van der Waals surface area contributed by atoms with Gasteiger partial charge in [0, 0.05) is 19.3 Å². The number of imide groups is 1. The van der Waals surface area contributed by atoms with Crippen molar-refractivity contribution in [3.8, 4) is 0 Å². The number of carbonyl (C=O) groups is 3. The molecule has 1 aliphatic heterocycles. The van der Waals surface area contributed by atoms with Crippen molar-refractivity contribution in [2.45, 2.75) is 59.3 Å². The number of rotatable bonds is 10. The average molecular weight is 313 g/mol. The van der Waals surface area contributed by atoms with Gasteiger partial charge in [-0.1, -0.05) is 0 Å². The van der Waals surface area contributed by atoms with Gasteiger partial charge in [0.15, 0.2) is 0 Å². The molecule has 1 rings (SSSR count). The minimum atomic E-state index is -0.495. The van der Waals surface area contributed by atoms with E-state index in [1.807, 2.05) is 0 Å². The summed E-state index contributed by atoms with van der Waals surface area (Å²) in [7, 11) is 0. The maximum atomic E-state index is 11.6. The van der Waals surface area contributed by atoms with Gasteiger partial charge in [-0.3, -0.25) is 9.59 Å². The Balaban J connectivity index is 2.20. The van der Waals surface area contributed by atoms with Gasteiger partial charge in [-0.2, -0.15) is 0 Å². The Morgan fingerprint density at radius 2 is 1.55 bits per heavy atom. The molecule has 0 aliphatic carbocycles. The van der Waals surface area contributed by atoms with Crippen LogP contribution in [0.3, 0.4) is 0 Å². The van der Waals surface area contributed by atoms with Crippen LogP contribution in [0.2, 0.25) is 0 Å². The number of amides is 2. The normalized spacial score (nSPS) is 15.5. The summed E-state index contributed by atoms with van der Waals surface area (Å²) >= 11 is 0. The van der Waals surface area contributed by atoms with E-state index in [0.717, 1.165) is 49.9 Å². The largest absolute Gasteiger partial charge is 0.333 e. The van der Waals surface area contributed by atoms with Crippen LogP contribution in [0.25, 0.3) is 0 Å². The summed E-state index contributed by atoms with van der Waals surface area (Å²) in [5, 5.41) is 0.621. The molecule has 22 heavy (non-hydrogen) atoms. The first kappa shape index (κ1) is 18.6. The monoisotopic (exact) mass is 313 g/mol. The van der Waals surface area contributed by atoms with Crippen molar-refractivity contribution in [3.63, 3.8) is 0 Å². The molecule has 0 aromatic heterocycles. The minimum absolute atomic E-state index is 0.136. The van der Waals surface area contributed by atoms with Crippen LogP contribution in [0, 0.1) is 0 Å². The van der Waals surface area contributed by atoms with Crippen molar-refractivity contribution in [1.82, 2.24) is 5.06 Å². The Morgan fingerprint density at radius 3 is 2.05 bits per heavy atom. The summed E-state index contributed by atoms with van der Waals surface area (Å²) in [4.78, 5) is 39.1. The van der Waals surface area contributed by atoms with Gasteiger partial charge in [-0.15, -0.1) is 5.06 Å². The Hall–Kier alpha value is -1.43. The predicted molar refractivity (Wildman–Crippen MR) is 82.4 cm³/mol. The Labute approximate surface area is 132 Å². The Morgan fingerprint density at radius 1 is 1.00 bits per heavy atom. The number of nitrogens with zero attached hydrogens (tertiary/aromatic N) is 2. The van der Waals surface area contributed by atoms with Crippen LogP contribution < -0.4 is 0 Å². The quantitative estimate of drug-likeness (QED) is 0.352. The summed E-state index contributed by atoms with van der Waals surface area (Å²) in [6.45, 7) is 11.2. The highest BCUT2D eigenvalue weighted by molar-refractivity contribution is 6.01. The highest BCUT2D eigenvalue weighted by Crippen LogP contribution is 2.14. The zero-order chi connectivity index (χ0) is 16.6. The van der Waals surface area contributed by atoms with Crippen molar-refractivity contribution >= 4 is 17.8 Å². The van der Waals surface area contributed by atoms with Gasteiger partial charge in [0.25, 0.3) is 11.8 Å². The molecule has 0 aromatic rings. The van der Waals surface area contributed by atoms with Crippen molar-refractivity contribution in [2.24, 2.45) is 0 Å². The molecule has 6 heteroatoms. The van der Waals surface area contributed by atoms with E-state index in [0.29, 0.717) is 5.06 Å². The van der Waals surface area contributed by atoms with E-state index in [1.165, 1.54) is 0 Å². The van der Waals surface area contributed by atoms with Crippen LogP contribution in [0.1, 0.15) is 59.3 Å². The predicted octanol–water partition coefficient (Wildman–Crippen LogP) is 2.03. The fraction of sp³-hybridized carbons (Fsp3) is 0.812. The summed E-state index contributed by atoms with van der Waals surface area (Å²) < 4.78 is 1.11. The minimum Gasteiger partial charge on any atom is -0.330 e. The summed E-state index contributed by atoms with van der Waals surface area (Å²) in [5.74, 6) is -1.34. The second-order valence-electron chi connectivity index (χ2n) is 5.87. The van der Waals surface area contributed by atoms with Gasteiger partial charge < -0.3 is 9.32 Å². The molecule has 0 bridgehead atoms. The lowest BCUT2D eigenvalue weighted by Crippen LogP contribution is -2.48. The van der Waals surface area contributed by atoms with E-state index < -0.39 is 17.8 Å². The fourth-order valence-electron chi connectivity index (χ4n) is 2.84.